The van der Waals surface area contributed by atoms with Crippen LogP contribution in [-0.4, -0.2) is 5.52 Å². The third kappa shape index (κ3) is 4.10. The molecule has 4 nitrogen and oxygen atoms in total. The maximum absolute atomic E-state index is 13.9. The molecule has 0 radical (unpaired) electrons. The number of carbonyl (C=O) groups excluding carboxylic acids is 1. The van der Waals surface area contributed by atoms with Crippen LogP contribution in [0.4, 0.5) is 0 Å². The lowest BCUT2D eigenvalue weighted by Gasteiger charge is -2.20. The minimum Gasteiger partial charge on any atom is -0.410 e. The van der Waals surface area contributed by atoms with Gasteiger partial charge in [0.2, 0.25) is 0 Å². The predicted octanol–water partition coefficient (Wildman–Crippen LogP) is 7.36. The standard InChI is InChI=1S/C25H23O4P/c1-2-3-18-25(26)30(27,28-23-16-8-12-19-10-4-6-14-21(19)23)29-24-17-9-13-20-11-5-7-15-22(20)24/h4-17H,2-3,18H2,1H3. The normalized spacial score (nSPS) is 11.5. The number of hydrogen-bond donors (Lipinski definition) is 0. The third-order valence-electron chi connectivity index (χ3n) is 4.99. The van der Waals surface area contributed by atoms with E-state index in [2.05, 4.69) is 0 Å². The lowest BCUT2D eigenvalue weighted by Crippen LogP contribution is -2.11. The summed E-state index contributed by atoms with van der Waals surface area (Å²) in [5.41, 5.74) is -0.509. The second-order valence-electron chi connectivity index (χ2n) is 7.13. The highest BCUT2D eigenvalue weighted by Gasteiger charge is 2.38. The summed E-state index contributed by atoms with van der Waals surface area (Å²) in [6, 6.07) is 26.2. The highest BCUT2D eigenvalue weighted by atomic mass is 31.2. The molecule has 0 saturated heterocycles. The van der Waals surface area contributed by atoms with Gasteiger partial charge in [0.25, 0.3) is 5.52 Å². The summed E-state index contributed by atoms with van der Waals surface area (Å²) in [6.07, 6.45) is 1.58. The molecule has 4 aromatic carbocycles. The molecule has 0 aromatic heterocycles. The van der Waals surface area contributed by atoms with Gasteiger partial charge in [-0.2, -0.15) is 0 Å². The van der Waals surface area contributed by atoms with Crippen molar-refractivity contribution in [3.63, 3.8) is 0 Å². The van der Waals surface area contributed by atoms with E-state index in [-0.39, 0.29) is 6.42 Å². The van der Waals surface area contributed by atoms with Crippen molar-refractivity contribution in [1.82, 2.24) is 0 Å². The molecule has 0 aliphatic rings. The minimum absolute atomic E-state index is 0.142. The highest BCUT2D eigenvalue weighted by Crippen LogP contribution is 2.52. The SMILES string of the molecule is CCCCC(=O)P(=O)(Oc1cccc2ccccc12)Oc1cccc2ccccc12. The summed E-state index contributed by atoms with van der Waals surface area (Å²) in [7, 11) is -4.13. The van der Waals surface area contributed by atoms with Crippen LogP contribution in [0.3, 0.4) is 0 Å². The van der Waals surface area contributed by atoms with E-state index in [1.54, 1.807) is 12.1 Å². The minimum atomic E-state index is -4.13. The van der Waals surface area contributed by atoms with Crippen molar-refractivity contribution in [1.29, 1.82) is 0 Å². The first-order chi connectivity index (χ1) is 14.6. The second kappa shape index (κ2) is 8.73. The molecule has 0 amide bonds. The molecule has 0 heterocycles. The zero-order valence-electron chi connectivity index (χ0n) is 16.8. The average molecular weight is 418 g/mol. The van der Waals surface area contributed by atoms with Crippen LogP contribution in [0.1, 0.15) is 26.2 Å². The Morgan fingerprint density at radius 1 is 0.733 bits per heavy atom. The Morgan fingerprint density at radius 3 is 1.70 bits per heavy atom. The number of benzene rings is 4. The molecule has 0 fully saturated rings. The molecule has 5 heteroatoms. The molecule has 0 unspecified atom stereocenters. The smallest absolute Gasteiger partial charge is 0.410 e. The largest absolute Gasteiger partial charge is 0.498 e. The molecule has 0 atom stereocenters. The lowest BCUT2D eigenvalue weighted by atomic mass is 10.1. The van der Waals surface area contributed by atoms with Crippen LogP contribution in [0.5, 0.6) is 11.5 Å². The molecule has 4 rings (SSSR count). The average Bonchev–Trinajstić information content (AvgIpc) is 2.78. The Balaban J connectivity index is 1.77. The maximum atomic E-state index is 13.9. The van der Waals surface area contributed by atoms with E-state index in [0.29, 0.717) is 17.9 Å². The fourth-order valence-corrected chi connectivity index (χ4v) is 4.90. The summed E-state index contributed by atoms with van der Waals surface area (Å²) >= 11 is 0. The molecule has 152 valence electrons. The molecular formula is C25H23O4P. The predicted molar refractivity (Wildman–Crippen MR) is 121 cm³/mol. The van der Waals surface area contributed by atoms with Crippen LogP contribution in [-0.2, 0) is 9.36 Å². The van der Waals surface area contributed by atoms with Crippen molar-refractivity contribution in [2.45, 2.75) is 26.2 Å². The molecule has 0 saturated carbocycles. The number of carbonyl (C=O) groups is 1. The van der Waals surface area contributed by atoms with Crippen molar-refractivity contribution in [2.75, 3.05) is 0 Å². The molecule has 30 heavy (non-hydrogen) atoms. The molecular weight excluding hydrogens is 395 g/mol. The van der Waals surface area contributed by atoms with E-state index in [9.17, 15) is 9.36 Å². The molecule has 0 aliphatic heterocycles. The van der Waals surface area contributed by atoms with Gasteiger partial charge in [-0.3, -0.25) is 4.79 Å². The zero-order valence-corrected chi connectivity index (χ0v) is 17.7. The second-order valence-corrected chi connectivity index (χ2v) is 8.99. The van der Waals surface area contributed by atoms with Gasteiger partial charge in [-0.05, 0) is 29.3 Å². The fourth-order valence-electron chi connectivity index (χ4n) is 3.39. The Labute approximate surface area is 176 Å². The zero-order chi connectivity index (χ0) is 21.0. The van der Waals surface area contributed by atoms with Crippen molar-refractivity contribution in [2.24, 2.45) is 0 Å². The number of fused-ring (bicyclic) bond motifs is 2. The highest BCUT2D eigenvalue weighted by molar-refractivity contribution is 7.72. The van der Waals surface area contributed by atoms with E-state index < -0.39 is 13.1 Å². The Morgan fingerprint density at radius 2 is 1.20 bits per heavy atom. The fraction of sp³-hybridized carbons (Fsp3) is 0.160. The molecule has 4 aromatic rings. The Kier molecular flexibility index (Phi) is 5.87. The number of unbranched alkanes of at least 4 members (excludes halogenated alkanes) is 1. The van der Waals surface area contributed by atoms with Crippen LogP contribution >= 0.6 is 7.60 Å². The van der Waals surface area contributed by atoms with Gasteiger partial charge in [0.1, 0.15) is 11.5 Å². The summed E-state index contributed by atoms with van der Waals surface area (Å²) in [6.45, 7) is 1.98. The van der Waals surface area contributed by atoms with Gasteiger partial charge in [-0.15, -0.1) is 0 Å². The van der Waals surface area contributed by atoms with Gasteiger partial charge < -0.3 is 9.05 Å². The van der Waals surface area contributed by atoms with Crippen molar-refractivity contribution in [3.05, 3.63) is 84.9 Å². The number of rotatable bonds is 8. The first-order valence-electron chi connectivity index (χ1n) is 10.1. The monoisotopic (exact) mass is 418 g/mol. The quantitative estimate of drug-likeness (QED) is 0.281. The third-order valence-corrected chi connectivity index (χ3v) is 6.69. The maximum Gasteiger partial charge on any atom is 0.498 e. The molecule has 0 aliphatic carbocycles. The van der Waals surface area contributed by atoms with Gasteiger partial charge in [0, 0.05) is 17.2 Å². The van der Waals surface area contributed by atoms with Crippen LogP contribution in [0.2, 0.25) is 0 Å². The lowest BCUT2D eigenvalue weighted by molar-refractivity contribution is -0.113. The van der Waals surface area contributed by atoms with Crippen LogP contribution in [0.25, 0.3) is 21.5 Å². The van der Waals surface area contributed by atoms with Crippen molar-refractivity contribution in [3.8, 4) is 11.5 Å². The van der Waals surface area contributed by atoms with E-state index in [0.717, 1.165) is 28.0 Å². The summed E-state index contributed by atoms with van der Waals surface area (Å²) < 4.78 is 25.7. The first kappa shape index (κ1) is 20.2. The van der Waals surface area contributed by atoms with E-state index in [1.165, 1.54) is 0 Å². The van der Waals surface area contributed by atoms with Crippen LogP contribution in [0.15, 0.2) is 84.9 Å². The van der Waals surface area contributed by atoms with Gasteiger partial charge in [-0.25, -0.2) is 4.57 Å². The van der Waals surface area contributed by atoms with Gasteiger partial charge in [0.15, 0.2) is 0 Å². The number of hydrogen-bond acceptors (Lipinski definition) is 4. The van der Waals surface area contributed by atoms with Gasteiger partial charge >= 0.3 is 7.60 Å². The summed E-state index contributed by atoms with van der Waals surface area (Å²) in [5, 5.41) is 3.44. The molecule has 0 N–H and O–H groups in total. The molecule has 0 bridgehead atoms. The van der Waals surface area contributed by atoms with E-state index in [4.69, 9.17) is 9.05 Å². The summed E-state index contributed by atoms with van der Waals surface area (Å²) in [4.78, 5) is 13.0. The summed E-state index contributed by atoms with van der Waals surface area (Å²) in [5.74, 6) is 0.753. The van der Waals surface area contributed by atoms with Crippen molar-refractivity contribution >= 4 is 34.7 Å². The van der Waals surface area contributed by atoms with E-state index in [1.807, 2.05) is 79.7 Å². The molecule has 0 spiro atoms. The van der Waals surface area contributed by atoms with Gasteiger partial charge in [-0.1, -0.05) is 86.1 Å². The van der Waals surface area contributed by atoms with Crippen LogP contribution < -0.4 is 9.05 Å². The van der Waals surface area contributed by atoms with Crippen LogP contribution in [0, 0.1) is 0 Å². The van der Waals surface area contributed by atoms with E-state index >= 15 is 0 Å². The Hall–Kier alpha value is -3.10. The first-order valence-corrected chi connectivity index (χ1v) is 11.6. The Bertz CT molecular complexity index is 1150. The van der Waals surface area contributed by atoms with Crippen molar-refractivity contribution < 1.29 is 18.4 Å². The van der Waals surface area contributed by atoms with Gasteiger partial charge in [0.05, 0.1) is 0 Å². The topological polar surface area (TPSA) is 52.6 Å².